The normalized spacial score (nSPS) is 13.8. The molecule has 0 fully saturated rings. The number of fused-ring (bicyclic) bond motifs is 3. The molecular formula is C20H23NO4. The second-order valence-corrected chi connectivity index (χ2v) is 6.13. The van der Waals surface area contributed by atoms with Crippen molar-refractivity contribution in [3.8, 4) is 11.1 Å². The van der Waals surface area contributed by atoms with E-state index in [1.165, 1.54) is 22.3 Å². The molecule has 0 spiro atoms. The van der Waals surface area contributed by atoms with E-state index in [1.54, 1.807) is 7.11 Å². The first-order chi connectivity index (χ1) is 12.2. The Morgan fingerprint density at radius 2 is 1.72 bits per heavy atom. The van der Waals surface area contributed by atoms with Gasteiger partial charge in [0.1, 0.15) is 6.61 Å². The standard InChI is InChI=1S/C20H23NO4/c1-24-11-10-14(12-22)21-20(23)25-13-19-17-8-4-2-6-15(17)16-7-3-5-9-18(16)19/h2-9,14,19,22H,10-13H2,1H3,(H,21,23). The van der Waals surface area contributed by atoms with Gasteiger partial charge in [0.15, 0.2) is 0 Å². The van der Waals surface area contributed by atoms with Crippen LogP contribution in [0.2, 0.25) is 0 Å². The number of aliphatic hydroxyl groups is 1. The third-order valence-electron chi connectivity index (χ3n) is 4.56. The van der Waals surface area contributed by atoms with Crippen LogP contribution in [-0.4, -0.2) is 44.2 Å². The van der Waals surface area contributed by atoms with E-state index in [1.807, 2.05) is 24.3 Å². The minimum absolute atomic E-state index is 0.0321. The Hall–Kier alpha value is -2.37. The molecule has 1 aliphatic carbocycles. The van der Waals surface area contributed by atoms with Gasteiger partial charge in [-0.15, -0.1) is 0 Å². The van der Waals surface area contributed by atoms with Crippen LogP contribution in [0.5, 0.6) is 0 Å². The van der Waals surface area contributed by atoms with Crippen molar-refractivity contribution in [2.24, 2.45) is 0 Å². The number of hydrogen-bond acceptors (Lipinski definition) is 4. The molecule has 2 aromatic rings. The molecule has 25 heavy (non-hydrogen) atoms. The number of amides is 1. The summed E-state index contributed by atoms with van der Waals surface area (Å²) in [5.41, 5.74) is 4.74. The first kappa shape index (κ1) is 17.5. The zero-order chi connectivity index (χ0) is 17.6. The summed E-state index contributed by atoms with van der Waals surface area (Å²) in [5.74, 6) is 0.0321. The van der Waals surface area contributed by atoms with Crippen molar-refractivity contribution < 1.29 is 19.4 Å². The van der Waals surface area contributed by atoms with Gasteiger partial charge in [0.05, 0.1) is 12.6 Å². The van der Waals surface area contributed by atoms with E-state index < -0.39 is 6.09 Å². The molecular weight excluding hydrogens is 318 g/mol. The van der Waals surface area contributed by atoms with Crippen LogP contribution in [0.1, 0.15) is 23.5 Å². The number of hydrogen-bond donors (Lipinski definition) is 2. The van der Waals surface area contributed by atoms with Gasteiger partial charge in [0.25, 0.3) is 0 Å². The fourth-order valence-corrected chi connectivity index (χ4v) is 3.28. The van der Waals surface area contributed by atoms with Crippen molar-refractivity contribution in [1.29, 1.82) is 0 Å². The SMILES string of the molecule is COCCC(CO)NC(=O)OCC1c2ccccc2-c2ccccc21. The number of ether oxygens (including phenoxy) is 2. The van der Waals surface area contributed by atoms with Crippen molar-refractivity contribution in [2.45, 2.75) is 18.4 Å². The third-order valence-corrected chi connectivity index (χ3v) is 4.56. The van der Waals surface area contributed by atoms with Gasteiger partial charge < -0.3 is 19.9 Å². The first-order valence-electron chi connectivity index (χ1n) is 8.46. The number of benzene rings is 2. The lowest BCUT2D eigenvalue weighted by molar-refractivity contribution is 0.122. The minimum Gasteiger partial charge on any atom is -0.449 e. The van der Waals surface area contributed by atoms with Gasteiger partial charge >= 0.3 is 6.09 Å². The monoisotopic (exact) mass is 341 g/mol. The molecule has 1 amide bonds. The Kier molecular flexibility index (Phi) is 5.68. The highest BCUT2D eigenvalue weighted by Crippen LogP contribution is 2.44. The number of aliphatic hydroxyl groups excluding tert-OH is 1. The van der Waals surface area contributed by atoms with Gasteiger partial charge in [-0.3, -0.25) is 0 Å². The molecule has 2 aromatic carbocycles. The summed E-state index contributed by atoms with van der Waals surface area (Å²) in [5, 5.41) is 12.0. The van der Waals surface area contributed by atoms with Crippen LogP contribution in [0.4, 0.5) is 4.79 Å². The average Bonchev–Trinajstić information content (AvgIpc) is 2.97. The van der Waals surface area contributed by atoms with Gasteiger partial charge in [-0.2, -0.15) is 0 Å². The van der Waals surface area contributed by atoms with Gasteiger partial charge in [-0.1, -0.05) is 48.5 Å². The summed E-state index contributed by atoms with van der Waals surface area (Å²) in [6.45, 7) is 0.588. The third kappa shape index (κ3) is 3.83. The highest BCUT2D eigenvalue weighted by atomic mass is 16.5. The molecule has 1 aliphatic rings. The lowest BCUT2D eigenvalue weighted by Gasteiger charge is -2.18. The molecule has 0 saturated carbocycles. The zero-order valence-electron chi connectivity index (χ0n) is 14.3. The van der Waals surface area contributed by atoms with Gasteiger partial charge in [0.2, 0.25) is 0 Å². The smallest absolute Gasteiger partial charge is 0.407 e. The number of alkyl carbamates (subject to hydrolysis) is 1. The molecule has 132 valence electrons. The summed E-state index contributed by atoms with van der Waals surface area (Å²) < 4.78 is 10.4. The molecule has 2 N–H and O–H groups in total. The van der Waals surface area contributed by atoms with Crippen LogP contribution >= 0.6 is 0 Å². The number of carbonyl (C=O) groups is 1. The number of methoxy groups -OCH3 is 1. The second-order valence-electron chi connectivity index (χ2n) is 6.13. The molecule has 0 heterocycles. The van der Waals surface area contributed by atoms with Crippen LogP contribution < -0.4 is 5.32 Å². The minimum atomic E-state index is -0.517. The molecule has 0 aromatic heterocycles. The molecule has 0 radical (unpaired) electrons. The Morgan fingerprint density at radius 3 is 2.28 bits per heavy atom. The highest BCUT2D eigenvalue weighted by molar-refractivity contribution is 5.79. The van der Waals surface area contributed by atoms with E-state index in [-0.39, 0.29) is 25.2 Å². The van der Waals surface area contributed by atoms with Crippen LogP contribution in [0.25, 0.3) is 11.1 Å². The maximum atomic E-state index is 12.1. The van der Waals surface area contributed by atoms with Gasteiger partial charge in [-0.25, -0.2) is 4.79 Å². The van der Waals surface area contributed by atoms with E-state index in [4.69, 9.17) is 9.47 Å². The van der Waals surface area contributed by atoms with Gasteiger partial charge in [0, 0.05) is 19.6 Å². The van der Waals surface area contributed by atoms with Crippen molar-refractivity contribution in [1.82, 2.24) is 5.32 Å². The quantitative estimate of drug-likeness (QED) is 0.812. The lowest BCUT2D eigenvalue weighted by atomic mass is 9.98. The molecule has 5 nitrogen and oxygen atoms in total. The summed E-state index contributed by atoms with van der Waals surface area (Å²) in [7, 11) is 1.59. The molecule has 3 rings (SSSR count). The maximum Gasteiger partial charge on any atom is 0.407 e. The molecule has 0 bridgehead atoms. The molecule has 0 saturated heterocycles. The van der Waals surface area contributed by atoms with E-state index in [2.05, 4.69) is 29.6 Å². The molecule has 5 heteroatoms. The molecule has 0 aliphatic heterocycles. The summed E-state index contributed by atoms with van der Waals surface area (Å²) in [4.78, 5) is 12.1. The van der Waals surface area contributed by atoms with Crippen molar-refractivity contribution >= 4 is 6.09 Å². The molecule has 1 atom stereocenters. The average molecular weight is 341 g/mol. The number of nitrogens with one attached hydrogen (secondary N) is 1. The Balaban J connectivity index is 1.66. The Bertz CT molecular complexity index is 686. The number of rotatable bonds is 7. The fraction of sp³-hybridized carbons (Fsp3) is 0.350. The number of carbonyl (C=O) groups excluding carboxylic acids is 1. The van der Waals surface area contributed by atoms with E-state index in [0.29, 0.717) is 13.0 Å². The fourth-order valence-electron chi connectivity index (χ4n) is 3.28. The van der Waals surface area contributed by atoms with Crippen molar-refractivity contribution in [2.75, 3.05) is 26.9 Å². The van der Waals surface area contributed by atoms with Crippen LogP contribution in [0.15, 0.2) is 48.5 Å². The topological polar surface area (TPSA) is 67.8 Å². The van der Waals surface area contributed by atoms with Gasteiger partial charge in [-0.05, 0) is 28.7 Å². The molecule has 1 unspecified atom stereocenters. The predicted octanol–water partition coefficient (Wildman–Crippen LogP) is 2.92. The zero-order valence-corrected chi connectivity index (χ0v) is 14.3. The first-order valence-corrected chi connectivity index (χ1v) is 8.46. The van der Waals surface area contributed by atoms with Crippen LogP contribution in [0, 0.1) is 0 Å². The van der Waals surface area contributed by atoms with Crippen LogP contribution in [0.3, 0.4) is 0 Å². The highest BCUT2D eigenvalue weighted by Gasteiger charge is 2.29. The van der Waals surface area contributed by atoms with E-state index >= 15 is 0 Å². The Labute approximate surface area is 147 Å². The summed E-state index contributed by atoms with van der Waals surface area (Å²) in [6.07, 6.45) is 0.0222. The maximum absolute atomic E-state index is 12.1. The summed E-state index contributed by atoms with van der Waals surface area (Å²) >= 11 is 0. The predicted molar refractivity (Wildman–Crippen MR) is 95.6 cm³/mol. The lowest BCUT2D eigenvalue weighted by Crippen LogP contribution is -2.39. The summed E-state index contributed by atoms with van der Waals surface area (Å²) in [6, 6.07) is 16.0. The largest absolute Gasteiger partial charge is 0.449 e. The van der Waals surface area contributed by atoms with Crippen molar-refractivity contribution in [3.63, 3.8) is 0 Å². The van der Waals surface area contributed by atoms with Crippen molar-refractivity contribution in [3.05, 3.63) is 59.7 Å². The van der Waals surface area contributed by atoms with Crippen LogP contribution in [-0.2, 0) is 9.47 Å². The Morgan fingerprint density at radius 1 is 1.12 bits per heavy atom. The van der Waals surface area contributed by atoms with E-state index in [9.17, 15) is 9.90 Å². The second kappa shape index (κ2) is 8.14. The van der Waals surface area contributed by atoms with E-state index in [0.717, 1.165) is 0 Å².